The third kappa shape index (κ3) is 4.58. The Kier molecular flexibility index (Phi) is 5.29. The van der Waals surface area contributed by atoms with Gasteiger partial charge in [0.15, 0.2) is 0 Å². The molecular formula is C20H28N4O3. The van der Waals surface area contributed by atoms with E-state index in [1.807, 2.05) is 6.92 Å². The molecule has 0 aromatic carbocycles. The first-order valence-electron chi connectivity index (χ1n) is 9.90. The SMILES string of the molecule is CC(=O)N[C@@H](C)CO[C@H]1C[C@H](COc2ncnc3c2ccn3CC2CC2)C1. The Morgan fingerprint density at radius 2 is 2.15 bits per heavy atom. The highest BCUT2D eigenvalue weighted by molar-refractivity contribution is 5.81. The van der Waals surface area contributed by atoms with Gasteiger partial charge in [-0.3, -0.25) is 4.79 Å². The van der Waals surface area contributed by atoms with E-state index in [1.165, 1.54) is 19.8 Å². The van der Waals surface area contributed by atoms with Crippen molar-refractivity contribution in [3.63, 3.8) is 0 Å². The van der Waals surface area contributed by atoms with Gasteiger partial charge in [0, 0.05) is 25.7 Å². The van der Waals surface area contributed by atoms with Gasteiger partial charge in [-0.25, -0.2) is 9.97 Å². The van der Waals surface area contributed by atoms with E-state index in [2.05, 4.69) is 32.1 Å². The fourth-order valence-electron chi connectivity index (χ4n) is 3.63. The van der Waals surface area contributed by atoms with Crippen LogP contribution in [0.5, 0.6) is 5.88 Å². The number of hydrogen-bond donors (Lipinski definition) is 1. The number of nitrogens with zero attached hydrogens (tertiary/aromatic N) is 3. The minimum Gasteiger partial charge on any atom is -0.477 e. The van der Waals surface area contributed by atoms with Crippen LogP contribution in [0.2, 0.25) is 0 Å². The Bertz CT molecular complexity index is 796. The first-order valence-corrected chi connectivity index (χ1v) is 9.90. The van der Waals surface area contributed by atoms with E-state index in [4.69, 9.17) is 9.47 Å². The molecule has 2 fully saturated rings. The summed E-state index contributed by atoms with van der Waals surface area (Å²) in [4.78, 5) is 19.8. The minimum atomic E-state index is -0.0203. The topological polar surface area (TPSA) is 78.3 Å². The highest BCUT2D eigenvalue weighted by Gasteiger charge is 2.31. The van der Waals surface area contributed by atoms with Crippen molar-refractivity contribution in [1.82, 2.24) is 19.9 Å². The fraction of sp³-hybridized carbons (Fsp3) is 0.650. The number of rotatable bonds is 9. The van der Waals surface area contributed by atoms with Gasteiger partial charge in [-0.05, 0) is 50.5 Å². The van der Waals surface area contributed by atoms with Crippen LogP contribution in [-0.4, -0.2) is 45.8 Å². The maximum atomic E-state index is 11.0. The monoisotopic (exact) mass is 372 g/mol. The van der Waals surface area contributed by atoms with E-state index >= 15 is 0 Å². The normalized spacial score (nSPS) is 23.0. The van der Waals surface area contributed by atoms with Gasteiger partial charge in [-0.1, -0.05) is 0 Å². The molecular weight excluding hydrogens is 344 g/mol. The van der Waals surface area contributed by atoms with E-state index in [0.717, 1.165) is 36.3 Å². The Morgan fingerprint density at radius 1 is 1.33 bits per heavy atom. The van der Waals surface area contributed by atoms with Crippen molar-refractivity contribution in [2.24, 2.45) is 11.8 Å². The van der Waals surface area contributed by atoms with Gasteiger partial charge < -0.3 is 19.4 Å². The van der Waals surface area contributed by atoms with E-state index in [1.54, 1.807) is 6.33 Å². The molecule has 0 saturated heterocycles. The lowest BCUT2D eigenvalue weighted by molar-refractivity contribution is -0.120. The molecule has 2 aromatic rings. The largest absolute Gasteiger partial charge is 0.477 e. The van der Waals surface area contributed by atoms with Gasteiger partial charge in [0.25, 0.3) is 0 Å². The van der Waals surface area contributed by atoms with Crippen LogP contribution in [0.1, 0.15) is 39.5 Å². The summed E-state index contributed by atoms with van der Waals surface area (Å²) in [5, 5.41) is 3.83. The summed E-state index contributed by atoms with van der Waals surface area (Å²) in [6, 6.07) is 2.11. The Balaban J connectivity index is 1.23. The minimum absolute atomic E-state index is 0.0203. The average molecular weight is 372 g/mol. The summed E-state index contributed by atoms with van der Waals surface area (Å²) < 4.78 is 14.1. The molecule has 2 aliphatic carbocycles. The summed E-state index contributed by atoms with van der Waals surface area (Å²) in [6.07, 6.45) is 8.57. The summed E-state index contributed by atoms with van der Waals surface area (Å²) >= 11 is 0. The number of hydrogen-bond acceptors (Lipinski definition) is 5. The van der Waals surface area contributed by atoms with Crippen LogP contribution >= 0.6 is 0 Å². The van der Waals surface area contributed by atoms with Gasteiger partial charge >= 0.3 is 0 Å². The van der Waals surface area contributed by atoms with Crippen LogP contribution < -0.4 is 10.1 Å². The highest BCUT2D eigenvalue weighted by Crippen LogP contribution is 2.34. The van der Waals surface area contributed by atoms with Crippen molar-refractivity contribution in [3.05, 3.63) is 18.6 Å². The number of fused-ring (bicyclic) bond motifs is 1. The second-order valence-corrected chi connectivity index (χ2v) is 8.03. The van der Waals surface area contributed by atoms with Crippen LogP contribution in [0.3, 0.4) is 0 Å². The quantitative estimate of drug-likeness (QED) is 0.732. The predicted molar refractivity (Wildman–Crippen MR) is 101 cm³/mol. The zero-order chi connectivity index (χ0) is 18.8. The van der Waals surface area contributed by atoms with E-state index in [0.29, 0.717) is 25.0 Å². The van der Waals surface area contributed by atoms with Crippen molar-refractivity contribution in [1.29, 1.82) is 0 Å². The molecule has 2 heterocycles. The molecule has 7 nitrogen and oxygen atoms in total. The summed E-state index contributed by atoms with van der Waals surface area (Å²) in [5.74, 6) is 1.95. The molecule has 2 aromatic heterocycles. The van der Waals surface area contributed by atoms with Crippen LogP contribution in [-0.2, 0) is 16.1 Å². The molecule has 4 rings (SSSR count). The second-order valence-electron chi connectivity index (χ2n) is 8.03. The van der Waals surface area contributed by atoms with Crippen LogP contribution in [0, 0.1) is 11.8 Å². The van der Waals surface area contributed by atoms with Crippen molar-refractivity contribution in [2.75, 3.05) is 13.2 Å². The lowest BCUT2D eigenvalue weighted by Crippen LogP contribution is -2.40. The van der Waals surface area contributed by atoms with E-state index < -0.39 is 0 Å². The van der Waals surface area contributed by atoms with Crippen molar-refractivity contribution in [2.45, 2.75) is 58.2 Å². The lowest BCUT2D eigenvalue weighted by Gasteiger charge is -2.35. The number of nitrogens with one attached hydrogen (secondary N) is 1. The molecule has 0 aliphatic heterocycles. The lowest BCUT2D eigenvalue weighted by atomic mass is 9.83. The molecule has 0 spiro atoms. The van der Waals surface area contributed by atoms with Gasteiger partial charge in [0.2, 0.25) is 11.8 Å². The Hall–Kier alpha value is -2.15. The molecule has 2 saturated carbocycles. The number of aromatic nitrogens is 3. The molecule has 1 amide bonds. The Labute approximate surface area is 159 Å². The van der Waals surface area contributed by atoms with Gasteiger partial charge in [-0.15, -0.1) is 0 Å². The molecule has 0 unspecified atom stereocenters. The number of carbonyl (C=O) groups excluding carboxylic acids is 1. The number of amides is 1. The highest BCUT2D eigenvalue weighted by atomic mass is 16.5. The molecule has 27 heavy (non-hydrogen) atoms. The number of carbonyl (C=O) groups is 1. The first-order chi connectivity index (χ1) is 13.1. The predicted octanol–water partition coefficient (Wildman–Crippen LogP) is 2.54. The van der Waals surface area contributed by atoms with Crippen molar-refractivity contribution in [3.8, 4) is 5.88 Å². The molecule has 2 aliphatic rings. The summed E-state index contributed by atoms with van der Waals surface area (Å²) in [5.41, 5.74) is 0.966. The maximum absolute atomic E-state index is 11.0. The van der Waals surface area contributed by atoms with E-state index in [9.17, 15) is 4.79 Å². The molecule has 0 radical (unpaired) electrons. The van der Waals surface area contributed by atoms with E-state index in [-0.39, 0.29) is 18.1 Å². The molecule has 7 heteroatoms. The third-order valence-corrected chi connectivity index (χ3v) is 5.35. The van der Waals surface area contributed by atoms with Crippen molar-refractivity contribution >= 4 is 16.9 Å². The summed E-state index contributed by atoms with van der Waals surface area (Å²) in [7, 11) is 0. The van der Waals surface area contributed by atoms with Gasteiger partial charge in [-0.2, -0.15) is 0 Å². The zero-order valence-corrected chi connectivity index (χ0v) is 16.1. The molecule has 0 bridgehead atoms. The zero-order valence-electron chi connectivity index (χ0n) is 16.1. The molecule has 1 N–H and O–H groups in total. The second kappa shape index (κ2) is 7.84. The van der Waals surface area contributed by atoms with Crippen LogP contribution in [0.4, 0.5) is 0 Å². The third-order valence-electron chi connectivity index (χ3n) is 5.35. The fourth-order valence-corrected chi connectivity index (χ4v) is 3.63. The summed E-state index contributed by atoms with van der Waals surface area (Å²) in [6.45, 7) is 5.73. The smallest absolute Gasteiger partial charge is 0.226 e. The molecule has 1 atom stereocenters. The molecule has 146 valence electrons. The van der Waals surface area contributed by atoms with Gasteiger partial charge in [0.1, 0.15) is 12.0 Å². The van der Waals surface area contributed by atoms with Crippen LogP contribution in [0.15, 0.2) is 18.6 Å². The Morgan fingerprint density at radius 3 is 2.89 bits per heavy atom. The average Bonchev–Trinajstić information content (AvgIpc) is 3.31. The van der Waals surface area contributed by atoms with Crippen molar-refractivity contribution < 1.29 is 14.3 Å². The number of ether oxygens (including phenoxy) is 2. The maximum Gasteiger partial charge on any atom is 0.226 e. The standard InChI is InChI=1S/C20H28N4O3/c1-13(23-14(2)25)10-26-17-7-16(8-17)11-27-20-18-5-6-24(9-15-3-4-15)19(18)21-12-22-20/h5-6,12-13,15-17H,3-4,7-11H2,1-2H3,(H,23,25)/t13-,16-,17-/m0/s1. The van der Waals surface area contributed by atoms with Gasteiger partial charge in [0.05, 0.1) is 24.7 Å². The first kappa shape index (κ1) is 18.2. The van der Waals surface area contributed by atoms with Crippen LogP contribution in [0.25, 0.3) is 11.0 Å².